The van der Waals surface area contributed by atoms with Gasteiger partial charge in [0.2, 0.25) is 0 Å². The Morgan fingerprint density at radius 3 is 2.74 bits per heavy atom. The van der Waals surface area contributed by atoms with Crippen molar-refractivity contribution >= 4 is 29.0 Å². The molecule has 0 saturated carbocycles. The fraction of sp³-hybridized carbons (Fsp3) is 0.417. The Bertz CT molecular complexity index is 479. The van der Waals surface area contributed by atoms with Gasteiger partial charge >= 0.3 is 0 Å². The Balaban J connectivity index is 2.86. The third kappa shape index (κ3) is 4.13. The molecule has 0 aliphatic rings. The van der Waals surface area contributed by atoms with Gasteiger partial charge in [-0.2, -0.15) is 11.8 Å². The van der Waals surface area contributed by atoms with Crippen LogP contribution in [0.5, 0.6) is 0 Å². The fourth-order valence-electron chi connectivity index (χ4n) is 1.46. The molecule has 1 unspecified atom stereocenters. The van der Waals surface area contributed by atoms with E-state index < -0.39 is 4.92 Å². The summed E-state index contributed by atoms with van der Waals surface area (Å²) in [6.07, 6.45) is 1.96. The molecule has 7 heteroatoms. The molecule has 0 bridgehead atoms. The number of nitro groups is 1. The molecule has 0 aliphatic carbocycles. The second-order valence-corrected chi connectivity index (χ2v) is 5.27. The molecule has 1 aromatic carbocycles. The number of thioether (sulfide) groups is 1. The summed E-state index contributed by atoms with van der Waals surface area (Å²) < 4.78 is 0. The minimum absolute atomic E-state index is 0.104. The highest BCUT2D eigenvalue weighted by Gasteiger charge is 2.16. The van der Waals surface area contributed by atoms with Crippen LogP contribution in [0.3, 0.4) is 0 Å². The van der Waals surface area contributed by atoms with Crippen molar-refractivity contribution in [2.24, 2.45) is 0 Å². The first-order valence-corrected chi connectivity index (χ1v) is 7.05. The average Bonchev–Trinajstić information content (AvgIpc) is 2.43. The summed E-state index contributed by atoms with van der Waals surface area (Å²) in [6.45, 7) is 2.53. The van der Waals surface area contributed by atoms with E-state index >= 15 is 0 Å². The first-order chi connectivity index (χ1) is 8.99. The third-order valence-corrected chi connectivity index (χ3v) is 3.65. The van der Waals surface area contributed by atoms with E-state index in [1.807, 2.05) is 13.2 Å². The van der Waals surface area contributed by atoms with Gasteiger partial charge in [0.15, 0.2) is 0 Å². The summed E-state index contributed by atoms with van der Waals surface area (Å²) in [7, 11) is 1.60. The summed E-state index contributed by atoms with van der Waals surface area (Å²) >= 11 is 1.64. The maximum atomic E-state index is 11.9. The molecule has 0 aromatic heterocycles. The number of amides is 1. The lowest BCUT2D eigenvalue weighted by atomic mass is 10.1. The van der Waals surface area contributed by atoms with E-state index in [2.05, 4.69) is 10.6 Å². The number of nitrogens with one attached hydrogen (secondary N) is 2. The lowest BCUT2D eigenvalue weighted by Gasteiger charge is -2.10. The van der Waals surface area contributed by atoms with Crippen LogP contribution < -0.4 is 10.6 Å². The minimum Gasteiger partial charge on any atom is -0.383 e. The number of nitro benzene ring substituents is 1. The predicted octanol–water partition coefficient (Wildman–Crippen LogP) is 2.12. The number of rotatable bonds is 6. The van der Waals surface area contributed by atoms with Gasteiger partial charge in [-0.3, -0.25) is 14.9 Å². The van der Waals surface area contributed by atoms with Crippen LogP contribution in [0, 0.1) is 10.1 Å². The molecule has 0 spiro atoms. The van der Waals surface area contributed by atoms with Crippen LogP contribution >= 0.6 is 11.8 Å². The van der Waals surface area contributed by atoms with E-state index in [1.54, 1.807) is 24.9 Å². The molecule has 0 aliphatic heterocycles. The lowest BCUT2D eigenvalue weighted by molar-refractivity contribution is -0.384. The van der Waals surface area contributed by atoms with Crippen molar-refractivity contribution in [2.75, 3.05) is 25.2 Å². The summed E-state index contributed by atoms with van der Waals surface area (Å²) in [5, 5.41) is 16.7. The van der Waals surface area contributed by atoms with Crippen LogP contribution in [0.4, 0.5) is 11.4 Å². The highest BCUT2D eigenvalue weighted by molar-refractivity contribution is 7.99. The van der Waals surface area contributed by atoms with Crippen LogP contribution in [0.1, 0.15) is 17.3 Å². The van der Waals surface area contributed by atoms with Crippen LogP contribution in [0.2, 0.25) is 0 Å². The minimum atomic E-state index is -0.507. The van der Waals surface area contributed by atoms with Crippen molar-refractivity contribution < 1.29 is 9.72 Å². The van der Waals surface area contributed by atoms with Crippen molar-refractivity contribution in [3.63, 3.8) is 0 Å². The molecule has 1 rings (SSSR count). The summed E-state index contributed by atoms with van der Waals surface area (Å²) in [6, 6.07) is 4.38. The second-order valence-electron chi connectivity index (χ2n) is 4.00. The van der Waals surface area contributed by atoms with Gasteiger partial charge in [-0.1, -0.05) is 6.92 Å². The molecule has 0 fully saturated rings. The summed E-state index contributed by atoms with van der Waals surface area (Å²) in [5.74, 6) is -0.299. The van der Waals surface area contributed by atoms with Crippen molar-refractivity contribution in [3.8, 4) is 0 Å². The highest BCUT2D eigenvalue weighted by Crippen LogP contribution is 2.24. The van der Waals surface area contributed by atoms with E-state index in [9.17, 15) is 14.9 Å². The highest BCUT2D eigenvalue weighted by atomic mass is 32.2. The molecule has 19 heavy (non-hydrogen) atoms. The molecule has 2 N–H and O–H groups in total. The topological polar surface area (TPSA) is 84.3 Å². The zero-order chi connectivity index (χ0) is 14.4. The molecule has 0 heterocycles. The van der Waals surface area contributed by atoms with Crippen molar-refractivity contribution in [3.05, 3.63) is 33.9 Å². The molecule has 1 atom stereocenters. The smallest absolute Gasteiger partial charge is 0.293 e. The maximum absolute atomic E-state index is 11.9. The van der Waals surface area contributed by atoms with E-state index in [1.165, 1.54) is 12.1 Å². The summed E-state index contributed by atoms with van der Waals surface area (Å²) in [4.78, 5) is 22.3. The third-order valence-electron chi connectivity index (χ3n) is 2.68. The van der Waals surface area contributed by atoms with E-state index in [-0.39, 0.29) is 11.6 Å². The monoisotopic (exact) mass is 283 g/mol. The van der Waals surface area contributed by atoms with Gasteiger partial charge < -0.3 is 10.6 Å². The lowest BCUT2D eigenvalue weighted by Crippen LogP contribution is -2.29. The van der Waals surface area contributed by atoms with Crippen molar-refractivity contribution in [2.45, 2.75) is 12.2 Å². The maximum Gasteiger partial charge on any atom is 0.293 e. The Kier molecular flexibility index (Phi) is 5.62. The molecule has 1 amide bonds. The average molecular weight is 283 g/mol. The first-order valence-electron chi connectivity index (χ1n) is 5.76. The van der Waals surface area contributed by atoms with Gasteiger partial charge in [-0.25, -0.2) is 0 Å². The Hall–Kier alpha value is -1.76. The molecule has 0 saturated heterocycles. The van der Waals surface area contributed by atoms with Crippen LogP contribution in [0.25, 0.3) is 0 Å². The molecule has 0 radical (unpaired) electrons. The molecular formula is C12H17N3O3S. The molecular weight excluding hydrogens is 266 g/mol. The quantitative estimate of drug-likeness (QED) is 0.617. The largest absolute Gasteiger partial charge is 0.383 e. The van der Waals surface area contributed by atoms with Crippen LogP contribution in [-0.4, -0.2) is 35.9 Å². The van der Waals surface area contributed by atoms with Gasteiger partial charge in [-0.15, -0.1) is 0 Å². The first kappa shape index (κ1) is 15.3. The number of anilines is 1. The molecule has 104 valence electrons. The standard InChI is InChI=1S/C12H17N3O3S/c1-8(19-3)7-14-12(16)9-4-5-10(13-2)11(6-9)15(17)18/h4-6,8,13H,7H2,1-3H3,(H,14,16). The zero-order valence-corrected chi connectivity index (χ0v) is 11.9. The van der Waals surface area contributed by atoms with Gasteiger partial charge in [0.05, 0.1) is 4.92 Å². The van der Waals surface area contributed by atoms with Gasteiger partial charge in [-0.05, 0) is 18.4 Å². The van der Waals surface area contributed by atoms with Gasteiger partial charge in [0, 0.05) is 30.5 Å². The van der Waals surface area contributed by atoms with E-state index in [4.69, 9.17) is 0 Å². The van der Waals surface area contributed by atoms with E-state index in [0.717, 1.165) is 0 Å². The Morgan fingerprint density at radius 2 is 2.21 bits per heavy atom. The SMILES string of the molecule is CNc1ccc(C(=O)NCC(C)SC)cc1[N+](=O)[O-]. The van der Waals surface area contributed by atoms with Gasteiger partial charge in [0.1, 0.15) is 5.69 Å². The van der Waals surface area contributed by atoms with Gasteiger partial charge in [0.25, 0.3) is 11.6 Å². The molecule has 6 nitrogen and oxygen atoms in total. The van der Waals surface area contributed by atoms with Crippen LogP contribution in [-0.2, 0) is 0 Å². The Labute approximate surface area is 116 Å². The normalized spacial score (nSPS) is 11.7. The number of nitrogens with zero attached hydrogens (tertiary/aromatic N) is 1. The fourth-order valence-corrected chi connectivity index (χ4v) is 1.71. The second kappa shape index (κ2) is 6.98. The van der Waals surface area contributed by atoms with Crippen LogP contribution in [0.15, 0.2) is 18.2 Å². The predicted molar refractivity (Wildman–Crippen MR) is 78.0 cm³/mol. The number of carbonyl (C=O) groups is 1. The van der Waals surface area contributed by atoms with Crippen molar-refractivity contribution in [1.29, 1.82) is 0 Å². The number of benzene rings is 1. The number of hydrogen-bond acceptors (Lipinski definition) is 5. The number of carbonyl (C=O) groups excluding carboxylic acids is 1. The van der Waals surface area contributed by atoms with E-state index in [0.29, 0.717) is 23.0 Å². The molecule has 1 aromatic rings. The zero-order valence-electron chi connectivity index (χ0n) is 11.1. The van der Waals surface area contributed by atoms with Crippen molar-refractivity contribution in [1.82, 2.24) is 5.32 Å². The Morgan fingerprint density at radius 1 is 1.53 bits per heavy atom. The summed E-state index contributed by atoms with van der Waals surface area (Å²) in [5.41, 5.74) is 0.575. The number of hydrogen-bond donors (Lipinski definition) is 2.